The summed E-state index contributed by atoms with van der Waals surface area (Å²) >= 11 is 3.43. The summed E-state index contributed by atoms with van der Waals surface area (Å²) in [5.41, 5.74) is 6.60. The molecule has 108 valence electrons. The number of halogens is 1. The molecule has 0 radical (unpaired) electrons. The highest BCUT2D eigenvalue weighted by molar-refractivity contribution is 9.10. The van der Waals surface area contributed by atoms with E-state index in [1.165, 1.54) is 0 Å². The third-order valence-corrected chi connectivity index (χ3v) is 4.90. The SMILES string of the molecule is Cc1cccc(C(=O)NC2(/C(N)=N/O)CCCC2)c1Br. The first kappa shape index (κ1) is 14.8. The van der Waals surface area contributed by atoms with Crippen molar-refractivity contribution in [3.8, 4) is 0 Å². The first-order valence-electron chi connectivity index (χ1n) is 6.56. The third-order valence-electron chi connectivity index (χ3n) is 3.84. The summed E-state index contributed by atoms with van der Waals surface area (Å²) in [5.74, 6) is -0.138. The third kappa shape index (κ3) is 2.65. The maximum atomic E-state index is 12.5. The maximum Gasteiger partial charge on any atom is 0.253 e. The van der Waals surface area contributed by atoms with Gasteiger partial charge in [-0.3, -0.25) is 4.79 Å². The number of carbonyl (C=O) groups is 1. The van der Waals surface area contributed by atoms with Crippen LogP contribution in [0.4, 0.5) is 0 Å². The monoisotopic (exact) mass is 339 g/mol. The number of aryl methyl sites for hydroxylation is 1. The average molecular weight is 340 g/mol. The molecule has 0 bridgehead atoms. The number of benzene rings is 1. The summed E-state index contributed by atoms with van der Waals surface area (Å²) in [4.78, 5) is 12.5. The number of amides is 1. The molecule has 1 amide bonds. The van der Waals surface area contributed by atoms with E-state index in [9.17, 15) is 4.79 Å². The topological polar surface area (TPSA) is 87.7 Å². The Hall–Kier alpha value is -1.56. The van der Waals surface area contributed by atoms with Gasteiger partial charge in [-0.2, -0.15) is 0 Å². The van der Waals surface area contributed by atoms with Crippen molar-refractivity contribution in [2.75, 3.05) is 0 Å². The predicted molar refractivity (Wildman–Crippen MR) is 81.0 cm³/mol. The van der Waals surface area contributed by atoms with Crippen LogP contribution in [-0.2, 0) is 0 Å². The van der Waals surface area contributed by atoms with E-state index in [0.717, 1.165) is 22.9 Å². The fraction of sp³-hybridized carbons (Fsp3) is 0.429. The average Bonchev–Trinajstić information content (AvgIpc) is 2.90. The molecule has 1 aliphatic carbocycles. The highest BCUT2D eigenvalue weighted by Crippen LogP contribution is 2.31. The van der Waals surface area contributed by atoms with Crippen molar-refractivity contribution in [1.82, 2.24) is 5.32 Å². The lowest BCUT2D eigenvalue weighted by Crippen LogP contribution is -2.55. The number of rotatable bonds is 3. The molecule has 6 heteroatoms. The van der Waals surface area contributed by atoms with Gasteiger partial charge in [0.25, 0.3) is 5.91 Å². The number of carbonyl (C=O) groups excluding carboxylic acids is 1. The summed E-state index contributed by atoms with van der Waals surface area (Å²) < 4.78 is 0.769. The molecule has 1 aliphatic rings. The molecule has 1 aromatic carbocycles. The van der Waals surface area contributed by atoms with Crippen LogP contribution in [0.15, 0.2) is 27.8 Å². The summed E-state index contributed by atoms with van der Waals surface area (Å²) in [6, 6.07) is 5.51. The Bertz CT molecular complexity index is 551. The van der Waals surface area contributed by atoms with Gasteiger partial charge in [0.05, 0.1) is 5.56 Å². The second kappa shape index (κ2) is 5.83. The molecule has 0 heterocycles. The Labute approximate surface area is 126 Å². The van der Waals surface area contributed by atoms with Crippen molar-refractivity contribution in [3.05, 3.63) is 33.8 Å². The summed E-state index contributed by atoms with van der Waals surface area (Å²) in [7, 11) is 0. The molecule has 0 spiro atoms. The van der Waals surface area contributed by atoms with Crippen LogP contribution in [0.5, 0.6) is 0 Å². The second-order valence-electron chi connectivity index (χ2n) is 5.17. The van der Waals surface area contributed by atoms with Crippen LogP contribution < -0.4 is 11.1 Å². The van der Waals surface area contributed by atoms with Crippen molar-refractivity contribution in [1.29, 1.82) is 0 Å². The lowest BCUT2D eigenvalue weighted by Gasteiger charge is -2.29. The van der Waals surface area contributed by atoms with E-state index in [2.05, 4.69) is 26.4 Å². The minimum Gasteiger partial charge on any atom is -0.409 e. The van der Waals surface area contributed by atoms with Crippen LogP contribution in [0, 0.1) is 6.92 Å². The van der Waals surface area contributed by atoms with Gasteiger partial charge in [-0.25, -0.2) is 0 Å². The number of nitrogens with one attached hydrogen (secondary N) is 1. The van der Waals surface area contributed by atoms with Gasteiger partial charge in [0.15, 0.2) is 5.84 Å². The molecule has 20 heavy (non-hydrogen) atoms. The molecule has 1 saturated carbocycles. The zero-order valence-corrected chi connectivity index (χ0v) is 12.9. The Balaban J connectivity index is 2.28. The van der Waals surface area contributed by atoms with Crippen molar-refractivity contribution in [2.24, 2.45) is 10.9 Å². The first-order chi connectivity index (χ1) is 9.50. The quantitative estimate of drug-likeness (QED) is 0.342. The van der Waals surface area contributed by atoms with Crippen LogP contribution in [0.1, 0.15) is 41.6 Å². The van der Waals surface area contributed by atoms with Gasteiger partial charge in [0, 0.05) is 4.47 Å². The van der Waals surface area contributed by atoms with Gasteiger partial charge in [-0.05, 0) is 47.3 Å². The van der Waals surface area contributed by atoms with Crippen molar-refractivity contribution in [3.63, 3.8) is 0 Å². The second-order valence-corrected chi connectivity index (χ2v) is 5.96. The Morgan fingerprint density at radius 2 is 2.10 bits per heavy atom. The van der Waals surface area contributed by atoms with Crippen LogP contribution in [0.25, 0.3) is 0 Å². The Morgan fingerprint density at radius 1 is 1.45 bits per heavy atom. The predicted octanol–water partition coefficient (Wildman–Crippen LogP) is 2.55. The number of oxime groups is 1. The van der Waals surface area contributed by atoms with E-state index in [4.69, 9.17) is 10.9 Å². The minimum atomic E-state index is -0.727. The van der Waals surface area contributed by atoms with Crippen LogP contribution in [0.2, 0.25) is 0 Å². The molecular formula is C14H18BrN3O2. The van der Waals surface area contributed by atoms with Crippen molar-refractivity contribution >= 4 is 27.7 Å². The maximum absolute atomic E-state index is 12.5. The lowest BCUT2D eigenvalue weighted by atomic mass is 9.95. The number of amidine groups is 1. The molecule has 0 saturated heterocycles. The summed E-state index contributed by atoms with van der Waals surface area (Å²) in [6.45, 7) is 1.93. The van der Waals surface area contributed by atoms with Gasteiger partial charge >= 0.3 is 0 Å². The molecule has 4 N–H and O–H groups in total. The van der Waals surface area contributed by atoms with E-state index in [-0.39, 0.29) is 11.7 Å². The van der Waals surface area contributed by atoms with E-state index >= 15 is 0 Å². The molecule has 0 aliphatic heterocycles. The number of hydrogen-bond acceptors (Lipinski definition) is 3. The molecule has 1 fully saturated rings. The Kier molecular flexibility index (Phi) is 4.32. The van der Waals surface area contributed by atoms with Gasteiger partial charge < -0.3 is 16.3 Å². The smallest absolute Gasteiger partial charge is 0.253 e. The molecular weight excluding hydrogens is 322 g/mol. The fourth-order valence-corrected chi connectivity index (χ4v) is 3.07. The van der Waals surface area contributed by atoms with Gasteiger partial charge in [0.2, 0.25) is 0 Å². The van der Waals surface area contributed by atoms with Crippen LogP contribution in [0.3, 0.4) is 0 Å². The van der Waals surface area contributed by atoms with E-state index < -0.39 is 5.54 Å². The molecule has 2 rings (SSSR count). The zero-order valence-electron chi connectivity index (χ0n) is 11.3. The molecule has 0 aromatic heterocycles. The number of hydrogen-bond donors (Lipinski definition) is 3. The van der Waals surface area contributed by atoms with Crippen molar-refractivity contribution < 1.29 is 10.0 Å². The highest BCUT2D eigenvalue weighted by Gasteiger charge is 2.40. The highest BCUT2D eigenvalue weighted by atomic mass is 79.9. The summed E-state index contributed by atoms with van der Waals surface area (Å²) in [5, 5.41) is 15.0. The van der Waals surface area contributed by atoms with E-state index in [0.29, 0.717) is 18.4 Å². The Morgan fingerprint density at radius 3 is 2.70 bits per heavy atom. The van der Waals surface area contributed by atoms with Gasteiger partial charge in [-0.1, -0.05) is 30.1 Å². The van der Waals surface area contributed by atoms with E-state index in [1.54, 1.807) is 6.07 Å². The van der Waals surface area contributed by atoms with Crippen LogP contribution >= 0.6 is 15.9 Å². The lowest BCUT2D eigenvalue weighted by molar-refractivity contribution is 0.0922. The minimum absolute atomic E-state index is 0.0760. The molecule has 0 atom stereocenters. The van der Waals surface area contributed by atoms with Gasteiger partial charge in [0.1, 0.15) is 5.54 Å². The first-order valence-corrected chi connectivity index (χ1v) is 7.35. The summed E-state index contributed by atoms with van der Waals surface area (Å²) in [6.07, 6.45) is 3.28. The fourth-order valence-electron chi connectivity index (χ4n) is 2.63. The standard InChI is InChI=1S/C14H18BrN3O2/c1-9-5-4-6-10(11(9)15)12(19)17-14(13(16)18-20)7-2-3-8-14/h4-6,20H,2-3,7-8H2,1H3,(H2,16,18)(H,17,19). The molecule has 0 unspecified atom stereocenters. The number of nitrogens with zero attached hydrogens (tertiary/aromatic N) is 1. The largest absolute Gasteiger partial charge is 0.409 e. The van der Waals surface area contributed by atoms with Gasteiger partial charge in [-0.15, -0.1) is 0 Å². The number of nitrogens with two attached hydrogens (primary N) is 1. The molecule has 1 aromatic rings. The van der Waals surface area contributed by atoms with Crippen molar-refractivity contribution in [2.45, 2.75) is 38.1 Å². The zero-order chi connectivity index (χ0) is 14.8. The van der Waals surface area contributed by atoms with E-state index in [1.807, 2.05) is 19.1 Å². The normalized spacial score (nSPS) is 18.0. The molecule has 5 nitrogen and oxygen atoms in total. The van der Waals surface area contributed by atoms with Crippen LogP contribution in [-0.4, -0.2) is 22.5 Å².